The molecule has 0 aliphatic carbocycles. The fourth-order valence-corrected chi connectivity index (χ4v) is 2.98. The predicted molar refractivity (Wildman–Crippen MR) is 80.3 cm³/mol. The Morgan fingerprint density at radius 1 is 1.26 bits per heavy atom. The molecular formula is C13H16ClNO7S. The number of esters is 2. The van der Waals surface area contributed by atoms with Crippen molar-refractivity contribution in [3.8, 4) is 0 Å². The molecule has 0 aliphatic rings. The van der Waals surface area contributed by atoms with E-state index < -0.39 is 28.1 Å². The quantitative estimate of drug-likeness (QED) is 0.552. The van der Waals surface area contributed by atoms with E-state index >= 15 is 0 Å². The number of carbonyl (C=O) groups is 2. The van der Waals surface area contributed by atoms with Crippen molar-refractivity contribution >= 4 is 33.6 Å². The highest BCUT2D eigenvalue weighted by Crippen LogP contribution is 2.25. The Balaban J connectivity index is 3.15. The number of benzene rings is 1. The molecule has 0 amide bonds. The molecule has 1 aromatic carbocycles. The molecule has 8 nitrogen and oxygen atoms in total. The van der Waals surface area contributed by atoms with Crippen molar-refractivity contribution in [3.05, 3.63) is 28.8 Å². The largest absolute Gasteiger partial charge is 0.466 e. The number of ether oxygens (including phenoxy) is 2. The molecule has 0 fully saturated rings. The molecule has 1 aromatic rings. The molecule has 0 aromatic heterocycles. The van der Waals surface area contributed by atoms with Crippen LogP contribution >= 0.6 is 11.6 Å². The minimum atomic E-state index is -4.05. The second-order valence-corrected chi connectivity index (χ2v) is 6.62. The third-order valence-corrected chi connectivity index (χ3v) is 5.02. The molecule has 128 valence electrons. The summed E-state index contributed by atoms with van der Waals surface area (Å²) in [6.07, 6.45) is -1.13. The third kappa shape index (κ3) is 4.41. The lowest BCUT2D eigenvalue weighted by molar-refractivity contribution is -0.149. The van der Waals surface area contributed by atoms with Gasteiger partial charge in [0.05, 0.1) is 24.8 Å². The van der Waals surface area contributed by atoms with Crippen LogP contribution in [0.1, 0.15) is 17.3 Å². The summed E-state index contributed by atoms with van der Waals surface area (Å²) in [7, 11) is -0.548. The van der Waals surface area contributed by atoms with Crippen LogP contribution < -0.4 is 0 Å². The van der Waals surface area contributed by atoms with Crippen molar-refractivity contribution in [3.63, 3.8) is 0 Å². The van der Waals surface area contributed by atoms with Crippen LogP contribution in [0, 0.1) is 0 Å². The molecule has 0 saturated carbocycles. The van der Waals surface area contributed by atoms with E-state index in [1.54, 1.807) is 0 Å². The molecule has 0 bridgehead atoms. The highest BCUT2D eigenvalue weighted by molar-refractivity contribution is 7.89. The topological polar surface area (TPSA) is 99.2 Å². The first-order valence-corrected chi connectivity index (χ1v) is 8.08. The van der Waals surface area contributed by atoms with Gasteiger partial charge in [0.25, 0.3) is 10.0 Å². The van der Waals surface area contributed by atoms with Gasteiger partial charge in [-0.25, -0.2) is 18.0 Å². The Morgan fingerprint density at radius 3 is 2.39 bits per heavy atom. The van der Waals surface area contributed by atoms with E-state index in [1.165, 1.54) is 33.2 Å². The van der Waals surface area contributed by atoms with Crippen molar-refractivity contribution in [2.45, 2.75) is 17.9 Å². The molecule has 0 N–H and O–H groups in total. The maximum Gasteiger partial charge on any atom is 0.346 e. The number of hydrogen-bond acceptors (Lipinski definition) is 7. The average molecular weight is 366 g/mol. The summed E-state index contributed by atoms with van der Waals surface area (Å²) in [4.78, 5) is 27.6. The Morgan fingerprint density at radius 2 is 1.87 bits per heavy atom. The molecule has 0 radical (unpaired) electrons. The first-order valence-electron chi connectivity index (χ1n) is 6.26. The van der Waals surface area contributed by atoms with Gasteiger partial charge in [-0.15, -0.1) is 0 Å². The summed E-state index contributed by atoms with van der Waals surface area (Å²) in [5.41, 5.74) is -0.0896. The molecule has 23 heavy (non-hydrogen) atoms. The second kappa shape index (κ2) is 7.73. The maximum atomic E-state index is 12.2. The number of methoxy groups -OCH3 is 1. The number of carbonyl (C=O) groups excluding carboxylic acids is 2. The first kappa shape index (κ1) is 19.4. The Kier molecular flexibility index (Phi) is 6.51. The molecule has 0 unspecified atom stereocenters. The van der Waals surface area contributed by atoms with Crippen LogP contribution in [0.5, 0.6) is 0 Å². The van der Waals surface area contributed by atoms with Crippen LogP contribution in [0.4, 0.5) is 0 Å². The number of sulfonamides is 1. The fraction of sp³-hybridized carbons (Fsp3) is 0.385. The van der Waals surface area contributed by atoms with E-state index in [-0.39, 0.29) is 15.5 Å². The van der Waals surface area contributed by atoms with Gasteiger partial charge in [0, 0.05) is 7.05 Å². The summed E-state index contributed by atoms with van der Waals surface area (Å²) < 4.78 is 34.4. The summed E-state index contributed by atoms with van der Waals surface area (Å²) >= 11 is 5.88. The van der Waals surface area contributed by atoms with E-state index in [0.29, 0.717) is 4.47 Å². The molecule has 0 heterocycles. The monoisotopic (exact) mass is 365 g/mol. The van der Waals surface area contributed by atoms with E-state index in [9.17, 15) is 18.0 Å². The van der Waals surface area contributed by atoms with Gasteiger partial charge in [-0.1, -0.05) is 16.1 Å². The van der Waals surface area contributed by atoms with Crippen molar-refractivity contribution < 1.29 is 32.3 Å². The molecule has 0 spiro atoms. The summed E-state index contributed by atoms with van der Waals surface area (Å²) in [6.45, 7) is 1.33. The lowest BCUT2D eigenvalue weighted by atomic mass is 10.2. The van der Waals surface area contributed by atoms with Gasteiger partial charge in [0.15, 0.2) is 6.10 Å². The minimum absolute atomic E-state index is 0.0896. The lowest BCUT2D eigenvalue weighted by Gasteiger charge is -2.16. The number of hydroxylamine groups is 1. The number of halogens is 1. The van der Waals surface area contributed by atoms with E-state index in [1.807, 2.05) is 0 Å². The predicted octanol–water partition coefficient (Wildman–Crippen LogP) is 1.24. The highest BCUT2D eigenvalue weighted by Gasteiger charge is 2.26. The number of hydrogen-bond donors (Lipinski definition) is 0. The smallest absolute Gasteiger partial charge is 0.346 e. The van der Waals surface area contributed by atoms with Gasteiger partial charge < -0.3 is 9.47 Å². The SMILES string of the molecule is COC(=O)[C@H](C)OC(=O)c1ccc(Cl)c(S(=O)(=O)N(C)OC)c1. The van der Waals surface area contributed by atoms with Gasteiger partial charge in [-0.3, -0.25) is 4.84 Å². The zero-order chi connectivity index (χ0) is 17.8. The molecule has 10 heteroatoms. The van der Waals surface area contributed by atoms with E-state index in [2.05, 4.69) is 9.57 Å². The molecule has 1 rings (SSSR count). The van der Waals surface area contributed by atoms with Crippen LogP contribution in [0.25, 0.3) is 0 Å². The molecule has 1 atom stereocenters. The van der Waals surface area contributed by atoms with Crippen LogP contribution in [0.15, 0.2) is 23.1 Å². The maximum absolute atomic E-state index is 12.2. The summed E-state index contributed by atoms with van der Waals surface area (Å²) in [6, 6.07) is 3.55. The molecule has 0 saturated heterocycles. The summed E-state index contributed by atoms with van der Waals surface area (Å²) in [5.74, 6) is -1.63. The van der Waals surface area contributed by atoms with Gasteiger partial charge in [-0.05, 0) is 25.1 Å². The van der Waals surface area contributed by atoms with E-state index in [4.69, 9.17) is 16.3 Å². The van der Waals surface area contributed by atoms with Gasteiger partial charge in [0.2, 0.25) is 0 Å². The van der Waals surface area contributed by atoms with Gasteiger partial charge >= 0.3 is 11.9 Å². The molecule has 0 aliphatic heterocycles. The zero-order valence-corrected chi connectivity index (χ0v) is 14.5. The molecular weight excluding hydrogens is 350 g/mol. The zero-order valence-electron chi connectivity index (χ0n) is 12.9. The van der Waals surface area contributed by atoms with Gasteiger partial charge in [0.1, 0.15) is 4.90 Å². The Labute approximate surface area is 138 Å². The Bertz CT molecular complexity index is 704. The average Bonchev–Trinajstić information content (AvgIpc) is 2.52. The van der Waals surface area contributed by atoms with Crippen LogP contribution in [0.2, 0.25) is 5.02 Å². The van der Waals surface area contributed by atoms with Gasteiger partial charge in [-0.2, -0.15) is 0 Å². The van der Waals surface area contributed by atoms with E-state index in [0.717, 1.165) is 13.2 Å². The van der Waals surface area contributed by atoms with Crippen LogP contribution in [0.3, 0.4) is 0 Å². The third-order valence-electron chi connectivity index (χ3n) is 2.86. The van der Waals surface area contributed by atoms with Crippen molar-refractivity contribution in [1.82, 2.24) is 4.47 Å². The number of nitrogens with zero attached hydrogens (tertiary/aromatic N) is 1. The minimum Gasteiger partial charge on any atom is -0.466 e. The van der Waals surface area contributed by atoms with Crippen LogP contribution in [-0.2, 0) is 29.1 Å². The standard InChI is InChI=1S/C13H16ClNO7S/c1-8(12(16)20-3)22-13(17)9-5-6-10(14)11(7-9)23(18,19)15(2)21-4/h5-8H,1-4H3/t8-/m0/s1. The van der Waals surface area contributed by atoms with Crippen molar-refractivity contribution in [2.24, 2.45) is 0 Å². The normalized spacial score (nSPS) is 12.8. The summed E-state index contributed by atoms with van der Waals surface area (Å²) in [5, 5.41) is -0.0912. The van der Waals surface area contributed by atoms with Crippen LogP contribution in [-0.4, -0.2) is 52.2 Å². The van der Waals surface area contributed by atoms with Crippen molar-refractivity contribution in [2.75, 3.05) is 21.3 Å². The van der Waals surface area contributed by atoms with Crippen molar-refractivity contribution in [1.29, 1.82) is 0 Å². The number of rotatable bonds is 6. The second-order valence-electron chi connectivity index (χ2n) is 4.31. The first-order chi connectivity index (χ1) is 10.6. The highest BCUT2D eigenvalue weighted by atomic mass is 35.5. The fourth-order valence-electron chi connectivity index (χ4n) is 1.51. The lowest BCUT2D eigenvalue weighted by Crippen LogP contribution is -2.27. The Hall–Kier alpha value is -1.68.